The largest absolute Gasteiger partial charge is 0.483 e. The third-order valence-electron chi connectivity index (χ3n) is 1.73. The summed E-state index contributed by atoms with van der Waals surface area (Å²) in [7, 11) is 0. The van der Waals surface area contributed by atoms with Gasteiger partial charge in [0.25, 0.3) is 0 Å². The third kappa shape index (κ3) is 1.88. The molecule has 1 heterocycles. The Hall–Kier alpha value is -1.32. The normalized spacial score (nSPS) is 21.8. The van der Waals surface area contributed by atoms with E-state index in [9.17, 15) is 9.59 Å². The summed E-state index contributed by atoms with van der Waals surface area (Å²) in [5.41, 5.74) is 0. The summed E-state index contributed by atoms with van der Waals surface area (Å²) >= 11 is 0. The van der Waals surface area contributed by atoms with Crippen LogP contribution in [0.1, 0.15) is 27.2 Å². The van der Waals surface area contributed by atoms with Gasteiger partial charge >= 0.3 is 5.97 Å². The number of ketones is 1. The average Bonchev–Trinajstić information content (AvgIpc) is 2.31. The predicted octanol–water partition coefficient (Wildman–Crippen LogP) is 1.16. The van der Waals surface area contributed by atoms with Gasteiger partial charge in [0.1, 0.15) is 5.76 Å². The zero-order chi connectivity index (χ0) is 10.0. The molecule has 0 amide bonds. The van der Waals surface area contributed by atoms with Crippen LogP contribution in [-0.4, -0.2) is 17.9 Å². The fraction of sp³-hybridized carbons (Fsp3) is 0.556. The van der Waals surface area contributed by atoms with Gasteiger partial charge in [0.05, 0.1) is 0 Å². The molecule has 0 aromatic carbocycles. The first-order valence-electron chi connectivity index (χ1n) is 4.18. The molecule has 0 spiro atoms. The minimum absolute atomic E-state index is 0.0718. The fourth-order valence-electron chi connectivity index (χ4n) is 1.14. The molecule has 1 aliphatic rings. The first kappa shape index (κ1) is 9.77. The van der Waals surface area contributed by atoms with E-state index in [1.165, 1.54) is 6.92 Å². The molecule has 13 heavy (non-hydrogen) atoms. The van der Waals surface area contributed by atoms with Crippen molar-refractivity contribution in [1.29, 1.82) is 0 Å². The summed E-state index contributed by atoms with van der Waals surface area (Å²) in [6, 6.07) is 0. The smallest absolute Gasteiger partial charge is 0.308 e. The number of ether oxygens (including phenoxy) is 2. The third-order valence-corrected chi connectivity index (χ3v) is 1.73. The molecular formula is C9H12O4. The Bertz CT molecular complexity index is 277. The van der Waals surface area contributed by atoms with Gasteiger partial charge in [-0.25, -0.2) is 0 Å². The van der Waals surface area contributed by atoms with Gasteiger partial charge in [-0.1, -0.05) is 6.92 Å². The SMILES string of the molecule is CCC1=C(OC(C)=O)C(=O)C(C)O1. The van der Waals surface area contributed by atoms with Gasteiger partial charge in [0.15, 0.2) is 6.10 Å². The van der Waals surface area contributed by atoms with Gasteiger partial charge in [-0.3, -0.25) is 9.59 Å². The van der Waals surface area contributed by atoms with Gasteiger partial charge < -0.3 is 9.47 Å². The van der Waals surface area contributed by atoms with E-state index >= 15 is 0 Å². The Kier molecular flexibility index (Phi) is 2.70. The van der Waals surface area contributed by atoms with E-state index < -0.39 is 12.1 Å². The minimum Gasteiger partial charge on any atom is -0.483 e. The lowest BCUT2D eigenvalue weighted by atomic mass is 10.2. The fourth-order valence-corrected chi connectivity index (χ4v) is 1.14. The number of rotatable bonds is 2. The summed E-state index contributed by atoms with van der Waals surface area (Å²) in [4.78, 5) is 22.0. The van der Waals surface area contributed by atoms with Crippen LogP contribution in [0.4, 0.5) is 0 Å². The molecular weight excluding hydrogens is 172 g/mol. The van der Waals surface area contributed by atoms with Crippen molar-refractivity contribution in [3.05, 3.63) is 11.5 Å². The van der Waals surface area contributed by atoms with E-state index in [-0.39, 0.29) is 11.5 Å². The maximum Gasteiger partial charge on any atom is 0.308 e. The molecule has 0 N–H and O–H groups in total. The first-order chi connectivity index (χ1) is 6.06. The van der Waals surface area contributed by atoms with Gasteiger partial charge in [-0.2, -0.15) is 0 Å². The summed E-state index contributed by atoms with van der Waals surface area (Å²) in [6.45, 7) is 4.73. The lowest BCUT2D eigenvalue weighted by Gasteiger charge is -2.02. The van der Waals surface area contributed by atoms with Gasteiger partial charge in [0.2, 0.25) is 11.5 Å². The molecule has 0 saturated heterocycles. The molecule has 0 aliphatic carbocycles. The van der Waals surface area contributed by atoms with Crippen molar-refractivity contribution in [2.24, 2.45) is 0 Å². The Balaban J connectivity index is 2.87. The Morgan fingerprint density at radius 3 is 2.69 bits per heavy atom. The topological polar surface area (TPSA) is 52.6 Å². The highest BCUT2D eigenvalue weighted by molar-refractivity contribution is 6.00. The molecule has 0 saturated carbocycles. The Morgan fingerprint density at radius 1 is 1.62 bits per heavy atom. The molecule has 4 heteroatoms. The maximum absolute atomic E-state index is 11.4. The quantitative estimate of drug-likeness (QED) is 0.604. The van der Waals surface area contributed by atoms with Crippen LogP contribution in [0.3, 0.4) is 0 Å². The van der Waals surface area contributed by atoms with Crippen LogP contribution in [0.15, 0.2) is 11.5 Å². The zero-order valence-corrected chi connectivity index (χ0v) is 7.92. The van der Waals surface area contributed by atoms with Crippen molar-refractivity contribution in [3.63, 3.8) is 0 Å². The van der Waals surface area contributed by atoms with Crippen molar-refractivity contribution in [1.82, 2.24) is 0 Å². The number of carbonyl (C=O) groups excluding carboxylic acids is 2. The molecule has 72 valence electrons. The van der Waals surface area contributed by atoms with E-state index in [1.54, 1.807) is 6.92 Å². The van der Waals surface area contributed by atoms with Gasteiger partial charge in [-0.05, 0) is 6.92 Å². The van der Waals surface area contributed by atoms with Crippen LogP contribution in [0, 0.1) is 0 Å². The number of Topliss-reactive ketones (excluding diaryl/α,β-unsaturated/α-hetero) is 1. The van der Waals surface area contributed by atoms with Gasteiger partial charge in [0, 0.05) is 13.3 Å². The van der Waals surface area contributed by atoms with Crippen molar-refractivity contribution >= 4 is 11.8 Å². The second-order valence-electron chi connectivity index (χ2n) is 2.82. The van der Waals surface area contributed by atoms with E-state index in [2.05, 4.69) is 0 Å². The van der Waals surface area contributed by atoms with Crippen molar-refractivity contribution < 1.29 is 19.1 Å². The van der Waals surface area contributed by atoms with Crippen LogP contribution in [0.5, 0.6) is 0 Å². The highest BCUT2D eigenvalue weighted by atomic mass is 16.6. The molecule has 0 aromatic rings. The number of carbonyl (C=O) groups is 2. The molecule has 1 aliphatic heterocycles. The zero-order valence-electron chi connectivity index (χ0n) is 7.92. The Morgan fingerprint density at radius 2 is 2.23 bits per heavy atom. The molecule has 0 aromatic heterocycles. The van der Waals surface area contributed by atoms with E-state index in [1.807, 2.05) is 6.92 Å². The van der Waals surface area contributed by atoms with E-state index in [0.29, 0.717) is 12.2 Å². The summed E-state index contributed by atoms with van der Waals surface area (Å²) < 4.78 is 9.95. The molecule has 0 bridgehead atoms. The van der Waals surface area contributed by atoms with Crippen LogP contribution < -0.4 is 0 Å². The number of hydrogen-bond acceptors (Lipinski definition) is 4. The van der Waals surface area contributed by atoms with E-state index in [0.717, 1.165) is 0 Å². The maximum atomic E-state index is 11.4. The van der Waals surface area contributed by atoms with Gasteiger partial charge in [-0.15, -0.1) is 0 Å². The molecule has 1 unspecified atom stereocenters. The standard InChI is InChI=1S/C9H12O4/c1-4-7-9(13-6(3)10)8(11)5(2)12-7/h5H,4H2,1-3H3. The van der Waals surface area contributed by atoms with Crippen LogP contribution in [0.2, 0.25) is 0 Å². The van der Waals surface area contributed by atoms with Crippen LogP contribution in [0.25, 0.3) is 0 Å². The molecule has 0 radical (unpaired) electrons. The highest BCUT2D eigenvalue weighted by Crippen LogP contribution is 2.24. The van der Waals surface area contributed by atoms with Crippen molar-refractivity contribution in [2.75, 3.05) is 0 Å². The van der Waals surface area contributed by atoms with E-state index in [4.69, 9.17) is 9.47 Å². The second kappa shape index (κ2) is 3.60. The summed E-state index contributed by atoms with van der Waals surface area (Å²) in [6.07, 6.45) is 0.0305. The molecule has 1 atom stereocenters. The first-order valence-corrected chi connectivity index (χ1v) is 4.18. The summed E-state index contributed by atoms with van der Waals surface area (Å²) in [5.74, 6) is -0.214. The molecule has 0 fully saturated rings. The Labute approximate surface area is 76.5 Å². The number of allylic oxidation sites excluding steroid dienone is 1. The number of hydrogen-bond donors (Lipinski definition) is 0. The summed E-state index contributed by atoms with van der Waals surface area (Å²) in [5, 5.41) is 0. The molecule has 4 nitrogen and oxygen atoms in total. The van der Waals surface area contributed by atoms with Crippen molar-refractivity contribution in [2.45, 2.75) is 33.3 Å². The lowest BCUT2D eigenvalue weighted by molar-refractivity contribution is -0.140. The van der Waals surface area contributed by atoms with Crippen LogP contribution >= 0.6 is 0 Å². The molecule has 1 rings (SSSR count). The second-order valence-corrected chi connectivity index (χ2v) is 2.82. The number of esters is 1. The monoisotopic (exact) mass is 184 g/mol. The van der Waals surface area contributed by atoms with Crippen molar-refractivity contribution in [3.8, 4) is 0 Å². The highest BCUT2D eigenvalue weighted by Gasteiger charge is 2.33. The lowest BCUT2D eigenvalue weighted by Crippen LogP contribution is -2.15. The predicted molar refractivity (Wildman–Crippen MR) is 44.6 cm³/mol. The average molecular weight is 184 g/mol. The van der Waals surface area contributed by atoms with Crippen LogP contribution in [-0.2, 0) is 19.1 Å². The minimum atomic E-state index is -0.524.